The first kappa shape index (κ1) is 21.3. The molecule has 3 heterocycles. The van der Waals surface area contributed by atoms with Crippen molar-refractivity contribution in [1.29, 1.82) is 0 Å². The zero-order valence-electron chi connectivity index (χ0n) is 18.7. The van der Waals surface area contributed by atoms with Gasteiger partial charge in [0.15, 0.2) is 12.4 Å². The van der Waals surface area contributed by atoms with Crippen LogP contribution >= 0.6 is 0 Å². The lowest BCUT2D eigenvalue weighted by atomic mass is 9.76. The van der Waals surface area contributed by atoms with Gasteiger partial charge < -0.3 is 9.80 Å². The molecule has 28 heavy (non-hydrogen) atoms. The van der Waals surface area contributed by atoms with Gasteiger partial charge in [0, 0.05) is 24.2 Å². The van der Waals surface area contributed by atoms with Crippen molar-refractivity contribution < 1.29 is 9.36 Å². The second-order valence-electron chi connectivity index (χ2n) is 9.41. The molecule has 2 aliphatic rings. The molecule has 0 aromatic carbocycles. The number of piperidine rings is 1. The van der Waals surface area contributed by atoms with E-state index in [1.165, 1.54) is 5.56 Å². The number of hydrogen-bond acceptors (Lipinski definition) is 2. The van der Waals surface area contributed by atoms with Gasteiger partial charge in [-0.2, -0.15) is 0 Å². The van der Waals surface area contributed by atoms with Crippen molar-refractivity contribution in [3.05, 3.63) is 30.1 Å². The highest BCUT2D eigenvalue weighted by Crippen LogP contribution is 2.46. The molecule has 1 aromatic rings. The van der Waals surface area contributed by atoms with Crippen LogP contribution in [0.3, 0.4) is 0 Å². The van der Waals surface area contributed by atoms with Gasteiger partial charge in [-0.05, 0) is 84.0 Å². The second-order valence-corrected chi connectivity index (χ2v) is 9.41. The van der Waals surface area contributed by atoms with Crippen molar-refractivity contribution in [2.45, 2.75) is 84.2 Å². The van der Waals surface area contributed by atoms with Crippen LogP contribution in [-0.2, 0) is 11.3 Å². The number of amides is 1. The minimum atomic E-state index is -0.0793. The van der Waals surface area contributed by atoms with Gasteiger partial charge in [-0.3, -0.25) is 4.79 Å². The number of pyridine rings is 1. The van der Waals surface area contributed by atoms with Crippen molar-refractivity contribution in [3.8, 4) is 0 Å². The quantitative estimate of drug-likeness (QED) is 0.663. The average Bonchev–Trinajstić information content (AvgIpc) is 3.05. The predicted octanol–water partition coefficient (Wildman–Crippen LogP) is 3.99. The Hall–Kier alpha value is -1.42. The van der Waals surface area contributed by atoms with E-state index < -0.39 is 0 Å². The predicted molar refractivity (Wildman–Crippen MR) is 114 cm³/mol. The molecule has 0 N–H and O–H groups in total. The highest BCUT2D eigenvalue weighted by atomic mass is 16.2. The van der Waals surface area contributed by atoms with E-state index in [2.05, 4.69) is 73.6 Å². The minimum absolute atomic E-state index is 0.0544. The number of rotatable bonds is 7. The van der Waals surface area contributed by atoms with Gasteiger partial charge in [-0.15, -0.1) is 0 Å². The highest BCUT2D eigenvalue weighted by molar-refractivity contribution is 5.85. The third kappa shape index (κ3) is 3.98. The first-order valence-electron chi connectivity index (χ1n) is 11.4. The zero-order chi connectivity index (χ0) is 20.4. The van der Waals surface area contributed by atoms with E-state index in [-0.39, 0.29) is 11.0 Å². The Kier molecular flexibility index (Phi) is 6.48. The van der Waals surface area contributed by atoms with Crippen LogP contribution in [0.5, 0.6) is 0 Å². The number of carbonyl (C=O) groups is 1. The molecule has 0 saturated carbocycles. The lowest BCUT2D eigenvalue weighted by Crippen LogP contribution is -2.51. The van der Waals surface area contributed by atoms with Gasteiger partial charge in [0.25, 0.3) is 0 Å². The third-order valence-corrected chi connectivity index (χ3v) is 7.80. The molecule has 2 unspecified atom stereocenters. The van der Waals surface area contributed by atoms with E-state index in [0.29, 0.717) is 11.8 Å². The molecule has 2 atom stereocenters. The lowest BCUT2D eigenvalue weighted by Gasteiger charge is -2.43. The van der Waals surface area contributed by atoms with E-state index >= 15 is 0 Å². The van der Waals surface area contributed by atoms with E-state index in [0.717, 1.165) is 64.7 Å². The molecule has 4 nitrogen and oxygen atoms in total. The fourth-order valence-electron chi connectivity index (χ4n) is 5.27. The number of likely N-dealkylation sites (tertiary alicyclic amines) is 2. The SMILES string of the molecule is CCC(CC(C)(CC)N1CCC2(CCN(C)CC2)C1=O)c1cc[n+](CC)cc1. The van der Waals surface area contributed by atoms with Crippen molar-refractivity contribution in [2.75, 3.05) is 26.7 Å². The second kappa shape index (κ2) is 8.52. The zero-order valence-corrected chi connectivity index (χ0v) is 18.7. The third-order valence-electron chi connectivity index (χ3n) is 7.80. The van der Waals surface area contributed by atoms with Crippen LogP contribution in [0.25, 0.3) is 0 Å². The average molecular weight is 387 g/mol. The Morgan fingerprint density at radius 2 is 1.71 bits per heavy atom. The largest absolute Gasteiger partial charge is 0.337 e. The molecule has 1 spiro atoms. The number of aryl methyl sites for hydroxylation is 1. The van der Waals surface area contributed by atoms with Crippen LogP contribution in [0, 0.1) is 5.41 Å². The number of carbonyl (C=O) groups excluding carboxylic acids is 1. The fourth-order valence-corrected chi connectivity index (χ4v) is 5.27. The van der Waals surface area contributed by atoms with E-state index in [4.69, 9.17) is 0 Å². The topological polar surface area (TPSA) is 27.4 Å². The summed E-state index contributed by atoms with van der Waals surface area (Å²) < 4.78 is 2.21. The number of hydrogen-bond donors (Lipinski definition) is 0. The first-order valence-corrected chi connectivity index (χ1v) is 11.4. The first-order chi connectivity index (χ1) is 13.4. The molecule has 2 fully saturated rings. The van der Waals surface area contributed by atoms with Gasteiger partial charge in [0.2, 0.25) is 5.91 Å². The summed E-state index contributed by atoms with van der Waals surface area (Å²) in [6, 6.07) is 4.55. The molecular formula is C24H40N3O+. The summed E-state index contributed by atoms with van der Waals surface area (Å²) in [4.78, 5) is 18.2. The van der Waals surface area contributed by atoms with Gasteiger partial charge in [-0.1, -0.05) is 13.8 Å². The maximum Gasteiger partial charge on any atom is 0.229 e. The lowest BCUT2D eigenvalue weighted by molar-refractivity contribution is -0.693. The summed E-state index contributed by atoms with van der Waals surface area (Å²) in [6.07, 6.45) is 10.7. The molecule has 156 valence electrons. The van der Waals surface area contributed by atoms with Gasteiger partial charge >= 0.3 is 0 Å². The molecule has 0 aliphatic carbocycles. The molecule has 4 heteroatoms. The van der Waals surface area contributed by atoms with Crippen LogP contribution in [0.15, 0.2) is 24.5 Å². The Morgan fingerprint density at radius 1 is 1.11 bits per heavy atom. The summed E-state index contributed by atoms with van der Waals surface area (Å²) in [6.45, 7) is 13.1. The highest BCUT2D eigenvalue weighted by Gasteiger charge is 2.52. The fraction of sp³-hybridized carbons (Fsp3) is 0.750. The Labute approximate surface area is 171 Å². The standard InChI is InChI=1S/C24H40N3O/c1-6-20(21-9-14-26(8-3)15-10-21)19-23(4,7-2)27-18-13-24(22(27)28)11-16-25(5)17-12-24/h9-10,14-15,20H,6-8,11-13,16-19H2,1-5H3/q+1. The summed E-state index contributed by atoms with van der Waals surface area (Å²) in [5.41, 5.74) is 1.28. The van der Waals surface area contributed by atoms with E-state index in [1.54, 1.807) is 0 Å². The molecule has 0 bridgehead atoms. The van der Waals surface area contributed by atoms with Gasteiger partial charge in [-0.25, -0.2) is 4.57 Å². The molecule has 2 saturated heterocycles. The van der Waals surface area contributed by atoms with Gasteiger partial charge in [0.05, 0.1) is 5.41 Å². The van der Waals surface area contributed by atoms with Crippen molar-refractivity contribution in [2.24, 2.45) is 5.41 Å². The molecule has 1 amide bonds. The summed E-state index contributed by atoms with van der Waals surface area (Å²) >= 11 is 0. The Morgan fingerprint density at radius 3 is 2.25 bits per heavy atom. The normalized spacial score (nSPS) is 23.2. The van der Waals surface area contributed by atoms with Crippen LogP contribution in [-0.4, -0.2) is 47.9 Å². The Bertz CT molecular complexity index is 663. The molecule has 0 radical (unpaired) electrons. The van der Waals surface area contributed by atoms with Crippen LogP contribution < -0.4 is 4.57 Å². The molecule has 2 aliphatic heterocycles. The smallest absolute Gasteiger partial charge is 0.229 e. The number of nitrogens with zero attached hydrogens (tertiary/aromatic N) is 3. The van der Waals surface area contributed by atoms with Crippen molar-refractivity contribution >= 4 is 5.91 Å². The van der Waals surface area contributed by atoms with Crippen LogP contribution in [0.4, 0.5) is 0 Å². The van der Waals surface area contributed by atoms with E-state index in [9.17, 15) is 4.79 Å². The summed E-state index contributed by atoms with van der Waals surface area (Å²) in [5, 5.41) is 0. The maximum absolute atomic E-state index is 13.6. The number of aromatic nitrogens is 1. The molecular weight excluding hydrogens is 346 g/mol. The van der Waals surface area contributed by atoms with Crippen molar-refractivity contribution in [1.82, 2.24) is 9.80 Å². The van der Waals surface area contributed by atoms with Gasteiger partial charge in [0.1, 0.15) is 6.54 Å². The van der Waals surface area contributed by atoms with Crippen molar-refractivity contribution in [3.63, 3.8) is 0 Å². The Balaban J connectivity index is 1.77. The summed E-state index contributed by atoms with van der Waals surface area (Å²) in [5.74, 6) is 0.940. The van der Waals surface area contributed by atoms with Crippen LogP contribution in [0.2, 0.25) is 0 Å². The van der Waals surface area contributed by atoms with Crippen LogP contribution in [0.1, 0.15) is 77.7 Å². The van der Waals surface area contributed by atoms with E-state index in [1.807, 2.05) is 0 Å². The molecule has 3 rings (SSSR count). The molecule has 1 aromatic heterocycles. The summed E-state index contributed by atoms with van der Waals surface area (Å²) in [7, 11) is 2.17. The maximum atomic E-state index is 13.6. The monoisotopic (exact) mass is 386 g/mol. The minimum Gasteiger partial charge on any atom is -0.337 e.